The molecule has 2 aromatic carbocycles. The molecule has 1 aliphatic rings. The van der Waals surface area contributed by atoms with Crippen molar-refractivity contribution in [1.82, 2.24) is 0 Å². The number of halogens is 1. The highest BCUT2D eigenvalue weighted by atomic mass is 79.9. The van der Waals surface area contributed by atoms with Gasteiger partial charge in [0.1, 0.15) is 17.3 Å². The zero-order valence-corrected chi connectivity index (χ0v) is 15.0. The normalized spacial score (nSPS) is 15.1. The van der Waals surface area contributed by atoms with Crippen LogP contribution in [0.5, 0.6) is 5.75 Å². The molecule has 1 saturated heterocycles. The molecular formula is C18H23BrOS. The van der Waals surface area contributed by atoms with E-state index in [9.17, 15) is 0 Å². The largest absolute Gasteiger partial charge is 1.00 e. The van der Waals surface area contributed by atoms with Crippen molar-refractivity contribution in [2.45, 2.75) is 37.5 Å². The van der Waals surface area contributed by atoms with Crippen molar-refractivity contribution in [3.05, 3.63) is 36.4 Å². The maximum Gasteiger partial charge on any atom is 0.162 e. The maximum absolute atomic E-state index is 5.98. The molecule has 0 aliphatic carbocycles. The second-order valence-electron chi connectivity index (χ2n) is 5.42. The van der Waals surface area contributed by atoms with Crippen molar-refractivity contribution >= 4 is 21.7 Å². The van der Waals surface area contributed by atoms with Gasteiger partial charge in [-0.25, -0.2) is 0 Å². The van der Waals surface area contributed by atoms with Gasteiger partial charge in [-0.2, -0.15) is 0 Å². The van der Waals surface area contributed by atoms with Gasteiger partial charge >= 0.3 is 0 Å². The lowest BCUT2D eigenvalue weighted by Crippen LogP contribution is -3.00. The van der Waals surface area contributed by atoms with E-state index < -0.39 is 0 Å². The highest BCUT2D eigenvalue weighted by molar-refractivity contribution is 7.97. The van der Waals surface area contributed by atoms with Gasteiger partial charge in [0, 0.05) is 21.7 Å². The number of hydrogen-bond donors (Lipinski definition) is 0. The van der Waals surface area contributed by atoms with Crippen LogP contribution in [0.25, 0.3) is 10.8 Å². The van der Waals surface area contributed by atoms with Crippen LogP contribution < -0.4 is 21.7 Å². The fourth-order valence-corrected chi connectivity index (χ4v) is 5.32. The molecular weight excluding hydrogens is 344 g/mol. The SMILES string of the molecule is CCCCOc1ccc([S+]2CCCC2)c2ccccc12.[Br-]. The summed E-state index contributed by atoms with van der Waals surface area (Å²) in [5, 5.41) is 2.70. The molecule has 0 bridgehead atoms. The smallest absolute Gasteiger partial charge is 0.162 e. The Kier molecular flexibility index (Phi) is 6.43. The van der Waals surface area contributed by atoms with Gasteiger partial charge in [0.05, 0.1) is 6.61 Å². The first-order chi connectivity index (χ1) is 9.90. The van der Waals surface area contributed by atoms with Crippen LogP contribution >= 0.6 is 0 Å². The average molecular weight is 367 g/mol. The predicted molar refractivity (Wildman–Crippen MR) is 89.0 cm³/mol. The van der Waals surface area contributed by atoms with E-state index >= 15 is 0 Å². The van der Waals surface area contributed by atoms with Crippen LogP contribution in [0.1, 0.15) is 32.6 Å². The Bertz CT molecular complexity index is 578. The molecule has 0 atom stereocenters. The summed E-state index contributed by atoms with van der Waals surface area (Å²) in [6.07, 6.45) is 5.10. The number of hydrogen-bond acceptors (Lipinski definition) is 1. The summed E-state index contributed by atoms with van der Waals surface area (Å²) in [7, 11) is 0.464. The zero-order valence-electron chi connectivity index (χ0n) is 12.6. The molecule has 1 nitrogen and oxygen atoms in total. The molecule has 1 fully saturated rings. The third-order valence-corrected chi connectivity index (χ3v) is 6.48. The van der Waals surface area contributed by atoms with E-state index in [1.165, 1.54) is 41.5 Å². The van der Waals surface area contributed by atoms with Gasteiger partial charge < -0.3 is 21.7 Å². The Balaban J connectivity index is 0.00000161. The number of fused-ring (bicyclic) bond motifs is 1. The van der Waals surface area contributed by atoms with Gasteiger partial charge in [0.25, 0.3) is 0 Å². The molecule has 0 saturated carbocycles. The summed E-state index contributed by atoms with van der Waals surface area (Å²) in [6.45, 7) is 3.03. The van der Waals surface area contributed by atoms with E-state index in [4.69, 9.17) is 4.74 Å². The molecule has 2 aromatic rings. The highest BCUT2D eigenvalue weighted by Crippen LogP contribution is 2.34. The van der Waals surface area contributed by atoms with Gasteiger partial charge in [-0.05, 0) is 37.5 Å². The van der Waals surface area contributed by atoms with Crippen molar-refractivity contribution in [2.24, 2.45) is 0 Å². The van der Waals surface area contributed by atoms with E-state index in [1.807, 2.05) is 0 Å². The zero-order chi connectivity index (χ0) is 13.8. The number of rotatable bonds is 5. The molecule has 21 heavy (non-hydrogen) atoms. The second kappa shape index (κ2) is 8.09. The Morgan fingerprint density at radius 3 is 2.43 bits per heavy atom. The molecule has 0 spiro atoms. The Labute approximate surface area is 141 Å². The quantitative estimate of drug-likeness (QED) is 0.579. The lowest BCUT2D eigenvalue weighted by Gasteiger charge is -2.11. The molecule has 0 unspecified atom stereocenters. The lowest BCUT2D eigenvalue weighted by molar-refractivity contribution is -0.00000453. The third kappa shape index (κ3) is 3.75. The molecule has 0 amide bonds. The van der Waals surface area contributed by atoms with Gasteiger partial charge in [-0.3, -0.25) is 0 Å². The van der Waals surface area contributed by atoms with Crippen LogP contribution in [-0.4, -0.2) is 18.1 Å². The molecule has 1 aliphatic heterocycles. The summed E-state index contributed by atoms with van der Waals surface area (Å²) in [4.78, 5) is 1.56. The van der Waals surface area contributed by atoms with E-state index in [1.54, 1.807) is 4.90 Å². The van der Waals surface area contributed by atoms with Gasteiger partial charge in [0.2, 0.25) is 0 Å². The van der Waals surface area contributed by atoms with Crippen LogP contribution in [0.15, 0.2) is 41.3 Å². The van der Waals surface area contributed by atoms with E-state index in [0.29, 0.717) is 10.9 Å². The van der Waals surface area contributed by atoms with Crippen LogP contribution in [0.3, 0.4) is 0 Å². The summed E-state index contributed by atoms with van der Waals surface area (Å²) < 4.78 is 5.98. The first-order valence-corrected chi connectivity index (χ1v) is 9.28. The Morgan fingerprint density at radius 1 is 1.00 bits per heavy atom. The molecule has 0 radical (unpaired) electrons. The Hall–Kier alpha value is -0.670. The summed E-state index contributed by atoms with van der Waals surface area (Å²) in [5.41, 5.74) is 0. The van der Waals surface area contributed by atoms with Crippen molar-refractivity contribution < 1.29 is 21.7 Å². The number of benzene rings is 2. The van der Waals surface area contributed by atoms with E-state index in [-0.39, 0.29) is 17.0 Å². The first kappa shape index (κ1) is 16.7. The number of ether oxygens (including phenoxy) is 1. The molecule has 0 aromatic heterocycles. The summed E-state index contributed by atoms with van der Waals surface area (Å²) in [5.74, 6) is 3.81. The molecule has 1 heterocycles. The predicted octanol–water partition coefficient (Wildman–Crippen LogP) is 1.79. The van der Waals surface area contributed by atoms with Crippen molar-refractivity contribution in [3.8, 4) is 5.75 Å². The minimum atomic E-state index is 0. The van der Waals surface area contributed by atoms with Crippen LogP contribution in [-0.2, 0) is 10.9 Å². The molecule has 114 valence electrons. The Morgan fingerprint density at radius 2 is 1.71 bits per heavy atom. The third-order valence-electron chi connectivity index (χ3n) is 3.94. The maximum atomic E-state index is 5.98. The average Bonchev–Trinajstić information content (AvgIpc) is 3.01. The fraction of sp³-hybridized carbons (Fsp3) is 0.444. The lowest BCUT2D eigenvalue weighted by atomic mass is 10.1. The summed E-state index contributed by atoms with van der Waals surface area (Å²) >= 11 is 0. The molecule has 3 heteroatoms. The van der Waals surface area contributed by atoms with Crippen LogP contribution in [0.4, 0.5) is 0 Å². The highest BCUT2D eigenvalue weighted by Gasteiger charge is 2.29. The minimum Gasteiger partial charge on any atom is -1.00 e. The first-order valence-electron chi connectivity index (χ1n) is 7.72. The van der Waals surface area contributed by atoms with Crippen molar-refractivity contribution in [2.75, 3.05) is 18.1 Å². The van der Waals surface area contributed by atoms with Gasteiger partial charge in [-0.1, -0.05) is 31.5 Å². The monoisotopic (exact) mass is 366 g/mol. The van der Waals surface area contributed by atoms with Crippen molar-refractivity contribution in [1.29, 1.82) is 0 Å². The van der Waals surface area contributed by atoms with Gasteiger partial charge in [0.15, 0.2) is 4.90 Å². The molecule has 3 rings (SSSR count). The fourth-order valence-electron chi connectivity index (χ4n) is 2.82. The van der Waals surface area contributed by atoms with Crippen LogP contribution in [0, 0.1) is 0 Å². The topological polar surface area (TPSA) is 9.23 Å². The van der Waals surface area contributed by atoms with Crippen molar-refractivity contribution in [3.63, 3.8) is 0 Å². The molecule has 0 N–H and O–H groups in total. The standard InChI is InChI=1S/C18H23OS.BrH/c1-2-3-12-19-17-10-11-18(20-13-6-7-14-20)16-9-5-4-8-15(16)17;/h4-5,8-11H,2-3,6-7,12-14H2,1H3;1H/q+1;/p-1. The van der Waals surface area contributed by atoms with Crippen LogP contribution in [0.2, 0.25) is 0 Å². The minimum absolute atomic E-state index is 0. The van der Waals surface area contributed by atoms with Gasteiger partial charge in [-0.15, -0.1) is 0 Å². The van der Waals surface area contributed by atoms with E-state index in [2.05, 4.69) is 43.3 Å². The second-order valence-corrected chi connectivity index (χ2v) is 7.66. The summed E-state index contributed by atoms with van der Waals surface area (Å²) in [6, 6.07) is 13.3. The van der Waals surface area contributed by atoms with E-state index in [0.717, 1.165) is 18.8 Å². The number of unbranched alkanes of at least 4 members (excludes halogenated alkanes) is 1.